The standard InChI is InChI=1S/C12H13BrClNO3/c13-12-9(14)2-1-3-10(12)18-8-11(16)15-4-6-17-7-5-15/h1-3H,4-8H2. The Morgan fingerprint density at radius 3 is 2.89 bits per heavy atom. The minimum Gasteiger partial charge on any atom is -0.483 e. The van der Waals surface area contributed by atoms with Crippen molar-refractivity contribution in [2.75, 3.05) is 32.9 Å². The van der Waals surface area contributed by atoms with Crippen LogP contribution >= 0.6 is 27.5 Å². The molecule has 4 nitrogen and oxygen atoms in total. The number of hydrogen-bond donors (Lipinski definition) is 0. The Kier molecular flexibility index (Phi) is 4.86. The Morgan fingerprint density at radius 2 is 2.17 bits per heavy atom. The van der Waals surface area contributed by atoms with Crippen LogP contribution in [-0.4, -0.2) is 43.7 Å². The lowest BCUT2D eigenvalue weighted by Gasteiger charge is -2.26. The first-order valence-corrected chi connectivity index (χ1v) is 6.78. The van der Waals surface area contributed by atoms with Crippen molar-refractivity contribution in [3.63, 3.8) is 0 Å². The molecule has 2 rings (SSSR count). The molecule has 1 heterocycles. The van der Waals surface area contributed by atoms with Gasteiger partial charge >= 0.3 is 0 Å². The van der Waals surface area contributed by atoms with E-state index in [1.165, 1.54) is 0 Å². The summed E-state index contributed by atoms with van der Waals surface area (Å²) in [6, 6.07) is 5.30. The summed E-state index contributed by atoms with van der Waals surface area (Å²) in [7, 11) is 0. The van der Waals surface area contributed by atoms with Crippen LogP contribution in [0.15, 0.2) is 22.7 Å². The lowest BCUT2D eigenvalue weighted by molar-refractivity contribution is -0.137. The van der Waals surface area contributed by atoms with Crippen LogP contribution in [0.5, 0.6) is 5.75 Å². The second-order valence-electron chi connectivity index (χ2n) is 3.83. The second-order valence-corrected chi connectivity index (χ2v) is 5.03. The Balaban J connectivity index is 1.90. The molecule has 0 radical (unpaired) electrons. The number of ether oxygens (including phenoxy) is 2. The number of amides is 1. The summed E-state index contributed by atoms with van der Waals surface area (Å²) in [6.07, 6.45) is 0. The van der Waals surface area contributed by atoms with Crippen LogP contribution in [-0.2, 0) is 9.53 Å². The van der Waals surface area contributed by atoms with E-state index in [1.54, 1.807) is 23.1 Å². The average Bonchev–Trinajstić information content (AvgIpc) is 2.41. The highest BCUT2D eigenvalue weighted by Gasteiger charge is 2.17. The monoisotopic (exact) mass is 333 g/mol. The summed E-state index contributed by atoms with van der Waals surface area (Å²) in [5.41, 5.74) is 0. The normalized spacial score (nSPS) is 15.6. The van der Waals surface area contributed by atoms with Gasteiger partial charge in [-0.05, 0) is 28.1 Å². The van der Waals surface area contributed by atoms with E-state index >= 15 is 0 Å². The predicted octanol–water partition coefficient (Wildman–Crippen LogP) is 2.34. The number of carbonyl (C=O) groups excluding carboxylic acids is 1. The zero-order valence-corrected chi connectivity index (χ0v) is 12.0. The van der Waals surface area contributed by atoms with Crippen LogP contribution in [0.3, 0.4) is 0 Å². The molecule has 0 saturated carbocycles. The summed E-state index contributed by atoms with van der Waals surface area (Å²) < 4.78 is 11.3. The molecule has 1 aromatic carbocycles. The average molecular weight is 335 g/mol. The molecule has 0 spiro atoms. The van der Waals surface area contributed by atoms with Crippen molar-refractivity contribution in [3.05, 3.63) is 27.7 Å². The van der Waals surface area contributed by atoms with Gasteiger partial charge in [0, 0.05) is 13.1 Å². The highest BCUT2D eigenvalue weighted by atomic mass is 79.9. The fraction of sp³-hybridized carbons (Fsp3) is 0.417. The van der Waals surface area contributed by atoms with E-state index < -0.39 is 0 Å². The van der Waals surface area contributed by atoms with E-state index in [9.17, 15) is 4.79 Å². The zero-order chi connectivity index (χ0) is 13.0. The Labute approximate surface area is 119 Å². The number of benzene rings is 1. The summed E-state index contributed by atoms with van der Waals surface area (Å²) in [5, 5.41) is 0.561. The summed E-state index contributed by atoms with van der Waals surface area (Å²) >= 11 is 9.26. The summed E-state index contributed by atoms with van der Waals surface area (Å²) in [4.78, 5) is 13.6. The Hall–Kier alpha value is -0.780. The molecule has 0 N–H and O–H groups in total. The molecular weight excluding hydrogens is 321 g/mol. The maximum atomic E-state index is 11.9. The van der Waals surface area contributed by atoms with E-state index in [-0.39, 0.29) is 12.5 Å². The van der Waals surface area contributed by atoms with Gasteiger partial charge in [0.15, 0.2) is 6.61 Å². The first kappa shape index (κ1) is 13.6. The number of morpholine rings is 1. The summed E-state index contributed by atoms with van der Waals surface area (Å²) in [6.45, 7) is 2.44. The van der Waals surface area contributed by atoms with Gasteiger partial charge in [-0.25, -0.2) is 0 Å². The third-order valence-corrected chi connectivity index (χ3v) is 3.99. The van der Waals surface area contributed by atoms with Gasteiger partial charge in [0.25, 0.3) is 5.91 Å². The number of halogens is 2. The smallest absolute Gasteiger partial charge is 0.260 e. The molecule has 0 aliphatic carbocycles. The molecule has 1 amide bonds. The molecule has 1 aromatic rings. The topological polar surface area (TPSA) is 38.8 Å². The van der Waals surface area contributed by atoms with Gasteiger partial charge in [-0.1, -0.05) is 17.7 Å². The third-order valence-electron chi connectivity index (χ3n) is 2.63. The number of nitrogens with zero attached hydrogens (tertiary/aromatic N) is 1. The van der Waals surface area contributed by atoms with Crippen LogP contribution in [0.25, 0.3) is 0 Å². The van der Waals surface area contributed by atoms with Crippen molar-refractivity contribution in [1.29, 1.82) is 0 Å². The first-order valence-electron chi connectivity index (χ1n) is 5.61. The van der Waals surface area contributed by atoms with Crippen molar-refractivity contribution in [3.8, 4) is 5.75 Å². The number of carbonyl (C=O) groups is 1. The van der Waals surface area contributed by atoms with Gasteiger partial charge in [0.05, 0.1) is 22.7 Å². The molecule has 18 heavy (non-hydrogen) atoms. The van der Waals surface area contributed by atoms with Crippen LogP contribution in [0, 0.1) is 0 Å². The predicted molar refractivity (Wildman–Crippen MR) is 72.0 cm³/mol. The van der Waals surface area contributed by atoms with Gasteiger partial charge in [0.2, 0.25) is 0 Å². The lowest BCUT2D eigenvalue weighted by Crippen LogP contribution is -2.43. The van der Waals surface area contributed by atoms with E-state index in [0.717, 1.165) is 0 Å². The second kappa shape index (κ2) is 6.41. The largest absolute Gasteiger partial charge is 0.483 e. The van der Waals surface area contributed by atoms with Crippen LogP contribution in [0.2, 0.25) is 5.02 Å². The number of rotatable bonds is 3. The molecule has 0 unspecified atom stereocenters. The fourth-order valence-electron chi connectivity index (χ4n) is 1.64. The molecule has 1 saturated heterocycles. The molecule has 0 bridgehead atoms. The van der Waals surface area contributed by atoms with Crippen LogP contribution in [0.4, 0.5) is 0 Å². The van der Waals surface area contributed by atoms with Crippen molar-refractivity contribution in [2.24, 2.45) is 0 Å². The molecular formula is C12H13BrClNO3. The molecule has 1 aliphatic rings. The maximum Gasteiger partial charge on any atom is 0.260 e. The highest BCUT2D eigenvalue weighted by Crippen LogP contribution is 2.31. The molecule has 0 aromatic heterocycles. The van der Waals surface area contributed by atoms with Crippen molar-refractivity contribution in [2.45, 2.75) is 0 Å². The minimum atomic E-state index is -0.0369. The lowest BCUT2D eigenvalue weighted by atomic mass is 10.3. The molecule has 0 atom stereocenters. The molecule has 98 valence electrons. The minimum absolute atomic E-state index is 0.0128. The van der Waals surface area contributed by atoms with Gasteiger partial charge < -0.3 is 14.4 Å². The van der Waals surface area contributed by atoms with E-state index in [4.69, 9.17) is 21.1 Å². The van der Waals surface area contributed by atoms with Crippen molar-refractivity contribution < 1.29 is 14.3 Å². The van der Waals surface area contributed by atoms with Gasteiger partial charge in [-0.3, -0.25) is 4.79 Å². The van der Waals surface area contributed by atoms with Gasteiger partial charge in [-0.2, -0.15) is 0 Å². The SMILES string of the molecule is O=C(COc1cccc(Cl)c1Br)N1CCOCC1. The highest BCUT2D eigenvalue weighted by molar-refractivity contribution is 9.10. The molecule has 1 fully saturated rings. The van der Waals surface area contributed by atoms with Gasteiger partial charge in [-0.15, -0.1) is 0 Å². The first-order chi connectivity index (χ1) is 8.68. The van der Waals surface area contributed by atoms with Gasteiger partial charge in [0.1, 0.15) is 5.75 Å². The Bertz CT molecular complexity index is 435. The maximum absolute atomic E-state index is 11.9. The number of hydrogen-bond acceptors (Lipinski definition) is 3. The molecule has 6 heteroatoms. The van der Waals surface area contributed by atoms with Crippen LogP contribution in [0.1, 0.15) is 0 Å². The van der Waals surface area contributed by atoms with E-state index in [0.29, 0.717) is 41.5 Å². The van der Waals surface area contributed by atoms with Crippen molar-refractivity contribution >= 4 is 33.4 Å². The molecule has 1 aliphatic heterocycles. The van der Waals surface area contributed by atoms with Crippen LogP contribution < -0.4 is 4.74 Å². The Morgan fingerprint density at radius 1 is 1.44 bits per heavy atom. The third kappa shape index (κ3) is 3.37. The summed E-state index contributed by atoms with van der Waals surface area (Å²) in [5.74, 6) is 0.536. The van der Waals surface area contributed by atoms with Crippen molar-refractivity contribution in [1.82, 2.24) is 4.90 Å². The zero-order valence-electron chi connectivity index (χ0n) is 9.70. The quantitative estimate of drug-likeness (QED) is 0.852. The van der Waals surface area contributed by atoms with E-state index in [1.807, 2.05) is 0 Å². The van der Waals surface area contributed by atoms with E-state index in [2.05, 4.69) is 15.9 Å². The fourth-order valence-corrected chi connectivity index (χ4v) is 2.18.